The van der Waals surface area contributed by atoms with Crippen LogP contribution in [0.25, 0.3) is 0 Å². The Bertz CT molecular complexity index is 1750. The van der Waals surface area contributed by atoms with E-state index in [1.54, 1.807) is 0 Å². The van der Waals surface area contributed by atoms with Crippen LogP contribution in [-0.2, 0) is 30.4 Å². The van der Waals surface area contributed by atoms with Crippen molar-refractivity contribution in [2.24, 2.45) is 5.92 Å². The van der Waals surface area contributed by atoms with Crippen molar-refractivity contribution in [2.75, 3.05) is 13.1 Å². The first-order chi connectivity index (χ1) is 22.8. The molecule has 0 aromatic carbocycles. The maximum absolute atomic E-state index is 13.0. The number of fused-ring (bicyclic) bond motifs is 2. The van der Waals surface area contributed by atoms with Gasteiger partial charge in [0.1, 0.15) is 17.2 Å². The number of amides is 1. The number of H-pyrrole nitrogens is 2. The standard InChI is InChI=1S/C39H48N6O2/c1-39(2,3)47-38(46)45-20-8-12-35(45)37-42-31-17-14-26(22-33(31)44-37)25-13-16-28(29(21-25)24-9-5-4-6-10-24)27-15-18-30-34(23-27)43-36(41-30)32-11-7-19-40-32/h5,9-10,13-16,29,32,35,40H,4,6-8,11-12,17-23H2,1-3H3,(H,41,43)(H,42,44). The molecule has 2 aliphatic heterocycles. The maximum Gasteiger partial charge on any atom is 0.410 e. The van der Waals surface area contributed by atoms with Crippen molar-refractivity contribution in [2.45, 2.75) is 109 Å². The molecule has 47 heavy (non-hydrogen) atoms. The van der Waals surface area contributed by atoms with Gasteiger partial charge in [-0.1, -0.05) is 42.5 Å². The topological polar surface area (TPSA) is 98.9 Å². The van der Waals surface area contributed by atoms with Crippen LogP contribution in [0.5, 0.6) is 0 Å². The van der Waals surface area contributed by atoms with Crippen LogP contribution in [0, 0.1) is 5.92 Å². The summed E-state index contributed by atoms with van der Waals surface area (Å²) in [6, 6.07) is 0.309. The van der Waals surface area contributed by atoms with Gasteiger partial charge in [0.2, 0.25) is 0 Å². The van der Waals surface area contributed by atoms with E-state index >= 15 is 0 Å². The van der Waals surface area contributed by atoms with E-state index in [4.69, 9.17) is 14.7 Å². The molecule has 2 aromatic heterocycles. The molecule has 8 rings (SSSR count). The van der Waals surface area contributed by atoms with Crippen molar-refractivity contribution in [3.05, 3.63) is 105 Å². The zero-order valence-corrected chi connectivity index (χ0v) is 28.1. The fourth-order valence-corrected chi connectivity index (χ4v) is 8.29. The zero-order chi connectivity index (χ0) is 32.1. The molecule has 3 unspecified atom stereocenters. The van der Waals surface area contributed by atoms with E-state index in [0.717, 1.165) is 88.1 Å². The van der Waals surface area contributed by atoms with Crippen molar-refractivity contribution in [1.82, 2.24) is 30.2 Å². The Balaban J connectivity index is 1.02. The second-order valence-electron chi connectivity index (χ2n) is 15.1. The maximum atomic E-state index is 13.0. The minimum Gasteiger partial charge on any atom is -0.444 e. The molecule has 4 aliphatic carbocycles. The number of aromatic nitrogens is 4. The smallest absolute Gasteiger partial charge is 0.410 e. The monoisotopic (exact) mass is 632 g/mol. The molecule has 2 fully saturated rings. The summed E-state index contributed by atoms with van der Waals surface area (Å²) in [5, 5.41) is 3.60. The third kappa shape index (κ3) is 6.13. The molecule has 8 nitrogen and oxygen atoms in total. The van der Waals surface area contributed by atoms with E-state index in [2.05, 4.69) is 57.8 Å². The number of imidazole rings is 2. The number of aromatic amines is 2. The molecule has 4 heterocycles. The van der Waals surface area contributed by atoms with Gasteiger partial charge in [0.05, 0.1) is 23.5 Å². The first-order valence-corrected chi connectivity index (χ1v) is 17.8. The summed E-state index contributed by atoms with van der Waals surface area (Å²) in [5.41, 5.74) is 11.4. The van der Waals surface area contributed by atoms with Gasteiger partial charge < -0.3 is 20.0 Å². The number of nitrogens with one attached hydrogen (secondary N) is 3. The summed E-state index contributed by atoms with van der Waals surface area (Å²) < 4.78 is 5.73. The molecule has 0 bridgehead atoms. The van der Waals surface area contributed by atoms with E-state index in [9.17, 15) is 4.79 Å². The minimum atomic E-state index is -0.513. The van der Waals surface area contributed by atoms with Crippen LogP contribution in [-0.4, -0.2) is 49.6 Å². The number of nitrogens with zero attached hydrogens (tertiary/aromatic N) is 3. The van der Waals surface area contributed by atoms with Gasteiger partial charge in [-0.25, -0.2) is 14.8 Å². The summed E-state index contributed by atoms with van der Waals surface area (Å²) in [6.07, 6.45) is 27.5. The van der Waals surface area contributed by atoms with Gasteiger partial charge in [-0.2, -0.15) is 0 Å². The average Bonchev–Trinajstić information content (AvgIpc) is 3.89. The van der Waals surface area contributed by atoms with E-state index in [-0.39, 0.29) is 12.1 Å². The molecule has 2 aromatic rings. The van der Waals surface area contributed by atoms with Crippen molar-refractivity contribution < 1.29 is 9.53 Å². The Labute approximate surface area is 278 Å². The Morgan fingerprint density at radius 2 is 1.66 bits per heavy atom. The Morgan fingerprint density at radius 3 is 2.40 bits per heavy atom. The highest BCUT2D eigenvalue weighted by Gasteiger charge is 2.36. The predicted octanol–water partition coefficient (Wildman–Crippen LogP) is 7.53. The number of likely N-dealkylation sites (tertiary alicyclic amines) is 1. The Hall–Kier alpha value is -3.91. The highest BCUT2D eigenvalue weighted by Crippen LogP contribution is 2.43. The first-order valence-electron chi connectivity index (χ1n) is 17.8. The fraction of sp³-hybridized carbons (Fsp3) is 0.513. The van der Waals surface area contributed by atoms with Crippen LogP contribution in [0.15, 0.2) is 70.4 Å². The van der Waals surface area contributed by atoms with Crippen LogP contribution >= 0.6 is 0 Å². The van der Waals surface area contributed by atoms with E-state index < -0.39 is 5.60 Å². The third-order valence-corrected chi connectivity index (χ3v) is 10.6. The summed E-state index contributed by atoms with van der Waals surface area (Å²) >= 11 is 0. The van der Waals surface area contributed by atoms with Crippen molar-refractivity contribution in [3.8, 4) is 0 Å². The molecule has 0 radical (unpaired) electrons. The molecule has 6 aliphatic rings. The van der Waals surface area contributed by atoms with Crippen LogP contribution in [0.1, 0.15) is 112 Å². The molecule has 246 valence electrons. The van der Waals surface area contributed by atoms with E-state index in [0.29, 0.717) is 18.5 Å². The second-order valence-corrected chi connectivity index (χ2v) is 15.1. The summed E-state index contributed by atoms with van der Waals surface area (Å²) in [4.78, 5) is 32.3. The number of ether oxygens (including phenoxy) is 1. The summed E-state index contributed by atoms with van der Waals surface area (Å²) in [7, 11) is 0. The van der Waals surface area contributed by atoms with E-state index in [1.807, 2.05) is 25.7 Å². The SMILES string of the molecule is CC(C)(C)OC(=O)N1CCCC1c1nc2c([nH]1)CC(C1=CC=C(C3=CCc4nc(C5CCCN5)[nH]c4C3)C(C3=CCCC=C3)C1)=CC2. The van der Waals surface area contributed by atoms with Gasteiger partial charge in [0.15, 0.2) is 0 Å². The van der Waals surface area contributed by atoms with Crippen LogP contribution in [0.2, 0.25) is 0 Å². The quantitative estimate of drug-likeness (QED) is 0.317. The highest BCUT2D eigenvalue weighted by atomic mass is 16.6. The first kappa shape index (κ1) is 30.4. The molecule has 3 atom stereocenters. The van der Waals surface area contributed by atoms with Crippen LogP contribution < -0.4 is 5.32 Å². The number of rotatable bonds is 5. The van der Waals surface area contributed by atoms with Gasteiger partial charge >= 0.3 is 6.09 Å². The van der Waals surface area contributed by atoms with Gasteiger partial charge in [0.25, 0.3) is 0 Å². The predicted molar refractivity (Wildman–Crippen MR) is 184 cm³/mol. The number of carbonyl (C=O) groups excluding carboxylic acids is 1. The highest BCUT2D eigenvalue weighted by molar-refractivity contribution is 5.69. The lowest BCUT2D eigenvalue weighted by atomic mass is 9.73. The normalized spacial score (nSPS) is 25.8. The third-order valence-electron chi connectivity index (χ3n) is 10.6. The molecule has 0 saturated carbocycles. The molecular weight excluding hydrogens is 584 g/mol. The van der Waals surface area contributed by atoms with Crippen molar-refractivity contribution in [3.63, 3.8) is 0 Å². The van der Waals surface area contributed by atoms with Crippen LogP contribution in [0.3, 0.4) is 0 Å². The largest absolute Gasteiger partial charge is 0.444 e. The fourth-order valence-electron chi connectivity index (χ4n) is 8.29. The van der Waals surface area contributed by atoms with Crippen molar-refractivity contribution in [1.29, 1.82) is 0 Å². The Morgan fingerprint density at radius 1 is 0.894 bits per heavy atom. The molecular formula is C39H48N6O2. The minimum absolute atomic E-state index is 0.0580. The van der Waals surface area contributed by atoms with Crippen molar-refractivity contribution >= 4 is 6.09 Å². The number of carbonyl (C=O) groups is 1. The van der Waals surface area contributed by atoms with Gasteiger partial charge in [0, 0.05) is 49.5 Å². The molecule has 1 amide bonds. The van der Waals surface area contributed by atoms with Gasteiger partial charge in [-0.3, -0.25) is 4.90 Å². The summed E-state index contributed by atoms with van der Waals surface area (Å²) in [5.74, 6) is 2.36. The lowest BCUT2D eigenvalue weighted by Crippen LogP contribution is -2.36. The number of hydrogen-bond acceptors (Lipinski definition) is 5. The lowest BCUT2D eigenvalue weighted by Gasteiger charge is -2.31. The van der Waals surface area contributed by atoms with Crippen LogP contribution in [0.4, 0.5) is 4.79 Å². The Kier molecular flexibility index (Phi) is 7.95. The van der Waals surface area contributed by atoms with Gasteiger partial charge in [-0.15, -0.1) is 0 Å². The van der Waals surface area contributed by atoms with Gasteiger partial charge in [-0.05, 0) is 100 Å². The second kappa shape index (κ2) is 12.3. The van der Waals surface area contributed by atoms with E-state index in [1.165, 1.54) is 51.4 Å². The zero-order valence-electron chi connectivity index (χ0n) is 28.1. The number of hydrogen-bond donors (Lipinski definition) is 3. The molecule has 2 saturated heterocycles. The molecule has 3 N–H and O–H groups in total. The average molecular weight is 633 g/mol. The number of allylic oxidation sites excluding steroid dienone is 12. The summed E-state index contributed by atoms with van der Waals surface area (Å²) in [6.45, 7) is 7.55. The molecule has 8 heteroatoms. The lowest BCUT2D eigenvalue weighted by molar-refractivity contribution is 0.0218. The molecule has 0 spiro atoms.